The van der Waals surface area contributed by atoms with E-state index in [9.17, 15) is 9.18 Å². The quantitative estimate of drug-likeness (QED) is 0.860. The van der Waals surface area contributed by atoms with E-state index in [1.54, 1.807) is 24.3 Å². The lowest BCUT2D eigenvalue weighted by Gasteiger charge is -2.14. The molecule has 1 aromatic heterocycles. The number of carbonyl (C=O) groups excluding carboxylic acids is 1. The van der Waals surface area contributed by atoms with Gasteiger partial charge in [-0.05, 0) is 36.8 Å². The van der Waals surface area contributed by atoms with Crippen LogP contribution in [0.1, 0.15) is 34.6 Å². The van der Waals surface area contributed by atoms with Gasteiger partial charge in [-0.3, -0.25) is 4.98 Å². The number of aromatic nitrogens is 1. The van der Waals surface area contributed by atoms with Crippen LogP contribution in [0.4, 0.5) is 4.39 Å². The number of nitrogens with one attached hydrogen (secondary N) is 1. The molecule has 1 aromatic carbocycles. The van der Waals surface area contributed by atoms with Crippen LogP contribution in [0, 0.1) is 5.82 Å². The predicted molar refractivity (Wildman–Crippen MR) is 77.2 cm³/mol. The standard InChI is InChI=1S/C16H17FN2O2/c1-11(12-3-6-14(17)7-4-12)18-10-15-8-5-13(9-19-15)16(20)21-2/h3-9,11,18H,10H2,1-2H3/t11-/m0/s1. The third-order valence-corrected chi connectivity index (χ3v) is 3.21. The molecule has 0 spiro atoms. The van der Waals surface area contributed by atoms with E-state index in [4.69, 9.17) is 0 Å². The van der Waals surface area contributed by atoms with Gasteiger partial charge in [0.15, 0.2) is 0 Å². The molecule has 2 aromatic rings. The van der Waals surface area contributed by atoms with E-state index in [2.05, 4.69) is 15.0 Å². The van der Waals surface area contributed by atoms with Crippen molar-refractivity contribution in [3.8, 4) is 0 Å². The minimum absolute atomic E-state index is 0.0766. The SMILES string of the molecule is COC(=O)c1ccc(CN[C@@H](C)c2ccc(F)cc2)nc1. The molecule has 0 unspecified atom stereocenters. The monoisotopic (exact) mass is 288 g/mol. The number of hydrogen-bond donors (Lipinski definition) is 1. The first-order valence-electron chi connectivity index (χ1n) is 6.62. The Balaban J connectivity index is 1.93. The lowest BCUT2D eigenvalue weighted by atomic mass is 10.1. The molecule has 0 aliphatic carbocycles. The molecular formula is C16H17FN2O2. The lowest BCUT2D eigenvalue weighted by molar-refractivity contribution is 0.0600. The smallest absolute Gasteiger partial charge is 0.339 e. The Morgan fingerprint density at radius 2 is 2.00 bits per heavy atom. The number of ether oxygens (including phenoxy) is 1. The second kappa shape index (κ2) is 6.95. The molecule has 5 heteroatoms. The minimum atomic E-state index is -0.401. The highest BCUT2D eigenvalue weighted by Crippen LogP contribution is 2.13. The first-order valence-corrected chi connectivity index (χ1v) is 6.62. The molecule has 1 atom stereocenters. The molecule has 1 N–H and O–H groups in total. The Labute approximate surface area is 123 Å². The summed E-state index contributed by atoms with van der Waals surface area (Å²) in [5.74, 6) is -0.646. The van der Waals surface area contributed by atoms with E-state index in [0.717, 1.165) is 11.3 Å². The Hall–Kier alpha value is -2.27. The maximum absolute atomic E-state index is 12.9. The third kappa shape index (κ3) is 4.10. The molecule has 0 aliphatic rings. The maximum atomic E-state index is 12.9. The van der Waals surface area contributed by atoms with Gasteiger partial charge in [0.1, 0.15) is 5.82 Å². The topological polar surface area (TPSA) is 51.2 Å². The van der Waals surface area contributed by atoms with Crippen LogP contribution in [0.2, 0.25) is 0 Å². The molecular weight excluding hydrogens is 271 g/mol. The number of carbonyl (C=O) groups is 1. The van der Waals surface area contributed by atoms with Gasteiger partial charge in [-0.1, -0.05) is 12.1 Å². The maximum Gasteiger partial charge on any atom is 0.339 e. The molecule has 0 saturated heterocycles. The number of rotatable bonds is 5. The van der Waals surface area contributed by atoms with Crippen molar-refractivity contribution in [1.82, 2.24) is 10.3 Å². The highest BCUT2D eigenvalue weighted by atomic mass is 19.1. The van der Waals surface area contributed by atoms with Gasteiger partial charge in [0.05, 0.1) is 18.4 Å². The summed E-state index contributed by atoms with van der Waals surface area (Å²) in [6.07, 6.45) is 1.49. The van der Waals surface area contributed by atoms with Crippen molar-refractivity contribution in [2.45, 2.75) is 19.5 Å². The minimum Gasteiger partial charge on any atom is -0.465 e. The van der Waals surface area contributed by atoms with Crippen molar-refractivity contribution in [3.05, 3.63) is 65.2 Å². The van der Waals surface area contributed by atoms with Crippen LogP contribution in [0.5, 0.6) is 0 Å². The zero-order chi connectivity index (χ0) is 15.2. The van der Waals surface area contributed by atoms with Gasteiger partial charge in [-0.15, -0.1) is 0 Å². The van der Waals surface area contributed by atoms with Crippen LogP contribution in [-0.2, 0) is 11.3 Å². The fraction of sp³-hybridized carbons (Fsp3) is 0.250. The molecule has 0 radical (unpaired) electrons. The van der Waals surface area contributed by atoms with Crippen LogP contribution in [0.25, 0.3) is 0 Å². The summed E-state index contributed by atoms with van der Waals surface area (Å²) < 4.78 is 17.5. The number of hydrogen-bond acceptors (Lipinski definition) is 4. The largest absolute Gasteiger partial charge is 0.465 e. The summed E-state index contributed by atoms with van der Waals surface area (Å²) in [6.45, 7) is 2.55. The average molecular weight is 288 g/mol. The molecule has 0 bridgehead atoms. The fourth-order valence-corrected chi connectivity index (χ4v) is 1.89. The zero-order valence-electron chi connectivity index (χ0n) is 12.0. The number of esters is 1. The second-order valence-corrected chi connectivity index (χ2v) is 4.68. The average Bonchev–Trinajstić information content (AvgIpc) is 2.53. The van der Waals surface area contributed by atoms with Crippen LogP contribution in [0.15, 0.2) is 42.6 Å². The van der Waals surface area contributed by atoms with Gasteiger partial charge in [-0.2, -0.15) is 0 Å². The molecule has 2 rings (SSSR count). The summed E-state index contributed by atoms with van der Waals surface area (Å²) in [5.41, 5.74) is 2.24. The first-order chi connectivity index (χ1) is 10.1. The number of benzene rings is 1. The van der Waals surface area contributed by atoms with Crippen molar-refractivity contribution in [2.24, 2.45) is 0 Å². The summed E-state index contributed by atoms with van der Waals surface area (Å²) in [5, 5.41) is 3.30. The van der Waals surface area contributed by atoms with Crippen molar-refractivity contribution < 1.29 is 13.9 Å². The Kier molecular flexibility index (Phi) is 5.00. The Morgan fingerprint density at radius 3 is 2.57 bits per heavy atom. The summed E-state index contributed by atoms with van der Waals surface area (Å²) in [7, 11) is 1.34. The van der Waals surface area contributed by atoms with Gasteiger partial charge < -0.3 is 10.1 Å². The summed E-state index contributed by atoms with van der Waals surface area (Å²) in [4.78, 5) is 15.5. The van der Waals surface area contributed by atoms with Gasteiger partial charge in [-0.25, -0.2) is 9.18 Å². The van der Waals surface area contributed by atoms with E-state index >= 15 is 0 Å². The number of methoxy groups -OCH3 is 1. The molecule has 110 valence electrons. The van der Waals surface area contributed by atoms with Gasteiger partial charge >= 0.3 is 5.97 Å². The molecule has 1 heterocycles. The van der Waals surface area contributed by atoms with Crippen LogP contribution < -0.4 is 5.32 Å². The van der Waals surface area contributed by atoms with E-state index in [-0.39, 0.29) is 11.9 Å². The molecule has 0 fully saturated rings. The van der Waals surface area contributed by atoms with Crippen molar-refractivity contribution in [1.29, 1.82) is 0 Å². The van der Waals surface area contributed by atoms with Gasteiger partial charge in [0.25, 0.3) is 0 Å². The molecule has 0 aliphatic heterocycles. The fourth-order valence-electron chi connectivity index (χ4n) is 1.89. The van der Waals surface area contributed by atoms with E-state index in [0.29, 0.717) is 12.1 Å². The molecule has 0 saturated carbocycles. The Morgan fingerprint density at radius 1 is 1.29 bits per heavy atom. The van der Waals surface area contributed by atoms with Crippen LogP contribution in [-0.4, -0.2) is 18.1 Å². The highest BCUT2D eigenvalue weighted by molar-refractivity contribution is 5.88. The molecule has 21 heavy (non-hydrogen) atoms. The van der Waals surface area contributed by atoms with Crippen LogP contribution >= 0.6 is 0 Å². The van der Waals surface area contributed by atoms with E-state index in [1.165, 1.54) is 25.4 Å². The van der Waals surface area contributed by atoms with Crippen molar-refractivity contribution >= 4 is 5.97 Å². The second-order valence-electron chi connectivity index (χ2n) is 4.68. The molecule has 0 amide bonds. The normalized spacial score (nSPS) is 12.0. The van der Waals surface area contributed by atoms with Crippen molar-refractivity contribution in [3.63, 3.8) is 0 Å². The Bertz CT molecular complexity index is 597. The zero-order valence-corrected chi connectivity index (χ0v) is 12.0. The predicted octanol–water partition coefficient (Wildman–Crippen LogP) is 2.86. The number of halogens is 1. The summed E-state index contributed by atoms with van der Waals surface area (Å²) in [6, 6.07) is 9.91. The van der Waals surface area contributed by atoms with E-state index in [1.807, 2.05) is 6.92 Å². The highest BCUT2D eigenvalue weighted by Gasteiger charge is 2.07. The van der Waals surface area contributed by atoms with Crippen molar-refractivity contribution in [2.75, 3.05) is 7.11 Å². The molecule has 4 nitrogen and oxygen atoms in total. The van der Waals surface area contributed by atoms with Gasteiger partial charge in [0.2, 0.25) is 0 Å². The summed E-state index contributed by atoms with van der Waals surface area (Å²) >= 11 is 0. The number of nitrogens with zero attached hydrogens (tertiary/aromatic N) is 1. The van der Waals surface area contributed by atoms with Gasteiger partial charge in [0, 0.05) is 18.8 Å². The van der Waals surface area contributed by atoms with E-state index < -0.39 is 5.97 Å². The third-order valence-electron chi connectivity index (χ3n) is 3.21. The number of pyridine rings is 1. The van der Waals surface area contributed by atoms with Crippen LogP contribution in [0.3, 0.4) is 0 Å². The lowest BCUT2D eigenvalue weighted by Crippen LogP contribution is -2.19. The first kappa shape index (κ1) is 15.1.